The van der Waals surface area contributed by atoms with Gasteiger partial charge in [-0.3, -0.25) is 9.69 Å². The second kappa shape index (κ2) is 7.55. The molecule has 2 rings (SSSR count). The topological polar surface area (TPSA) is 68.2 Å². The Morgan fingerprint density at radius 3 is 2.30 bits per heavy atom. The van der Waals surface area contributed by atoms with Crippen molar-refractivity contribution in [2.75, 3.05) is 27.9 Å². The zero-order valence-electron chi connectivity index (χ0n) is 14.2. The van der Waals surface area contributed by atoms with E-state index < -0.39 is 12.0 Å². The Morgan fingerprint density at radius 1 is 1.26 bits per heavy atom. The molecule has 0 radical (unpaired) electrons. The van der Waals surface area contributed by atoms with Crippen LogP contribution in [0.15, 0.2) is 12.1 Å². The summed E-state index contributed by atoms with van der Waals surface area (Å²) in [5, 5.41) is 9.45. The number of hydrogen-bond acceptors (Lipinski definition) is 5. The van der Waals surface area contributed by atoms with Gasteiger partial charge in [-0.1, -0.05) is 6.92 Å². The first-order valence-electron chi connectivity index (χ1n) is 7.85. The van der Waals surface area contributed by atoms with Crippen molar-refractivity contribution in [2.45, 2.75) is 38.3 Å². The molecule has 1 N–H and O–H groups in total. The fraction of sp³-hybridized carbons (Fsp3) is 0.588. The molecule has 1 heterocycles. The normalized spacial score (nSPS) is 19.4. The van der Waals surface area contributed by atoms with E-state index in [9.17, 15) is 9.90 Å². The fourth-order valence-corrected chi connectivity index (χ4v) is 3.38. The number of rotatable bonds is 7. The number of carboxylic acid groups (broad SMARTS) is 1. The maximum Gasteiger partial charge on any atom is 0.320 e. The summed E-state index contributed by atoms with van der Waals surface area (Å²) in [6.45, 7) is 2.84. The van der Waals surface area contributed by atoms with E-state index in [2.05, 4.69) is 11.8 Å². The molecular weight excluding hydrogens is 298 g/mol. The van der Waals surface area contributed by atoms with E-state index in [0.29, 0.717) is 23.7 Å². The van der Waals surface area contributed by atoms with Gasteiger partial charge in [0.25, 0.3) is 0 Å². The van der Waals surface area contributed by atoms with Gasteiger partial charge in [-0.2, -0.15) is 0 Å². The van der Waals surface area contributed by atoms with Crippen LogP contribution in [0.1, 0.15) is 37.8 Å². The van der Waals surface area contributed by atoms with Crippen molar-refractivity contribution in [3.63, 3.8) is 0 Å². The lowest BCUT2D eigenvalue weighted by Crippen LogP contribution is -2.38. The molecule has 128 valence electrons. The maximum atomic E-state index is 11.5. The highest BCUT2D eigenvalue weighted by molar-refractivity contribution is 5.74. The van der Waals surface area contributed by atoms with Crippen LogP contribution in [0.25, 0.3) is 0 Å². The third kappa shape index (κ3) is 3.37. The van der Waals surface area contributed by atoms with Crippen molar-refractivity contribution in [3.8, 4) is 17.2 Å². The van der Waals surface area contributed by atoms with E-state index in [1.165, 1.54) is 0 Å². The first-order chi connectivity index (χ1) is 11.1. The molecule has 2 unspecified atom stereocenters. The van der Waals surface area contributed by atoms with Crippen molar-refractivity contribution in [1.82, 2.24) is 4.90 Å². The number of hydrogen-bond donors (Lipinski definition) is 1. The predicted molar refractivity (Wildman–Crippen MR) is 86.5 cm³/mol. The number of ether oxygens (including phenoxy) is 3. The van der Waals surface area contributed by atoms with Crippen molar-refractivity contribution < 1.29 is 24.1 Å². The molecule has 1 aliphatic heterocycles. The summed E-state index contributed by atoms with van der Waals surface area (Å²) in [4.78, 5) is 13.6. The fourth-order valence-electron chi connectivity index (χ4n) is 3.38. The van der Waals surface area contributed by atoms with Crippen LogP contribution in [0.5, 0.6) is 17.2 Å². The van der Waals surface area contributed by atoms with Crippen molar-refractivity contribution in [3.05, 3.63) is 17.7 Å². The zero-order valence-corrected chi connectivity index (χ0v) is 14.2. The van der Waals surface area contributed by atoms with Gasteiger partial charge in [-0.15, -0.1) is 0 Å². The highest BCUT2D eigenvalue weighted by atomic mass is 16.5. The molecule has 0 amide bonds. The molecule has 0 bridgehead atoms. The molecule has 0 aromatic heterocycles. The monoisotopic (exact) mass is 323 g/mol. The number of carbonyl (C=O) groups is 1. The van der Waals surface area contributed by atoms with E-state index in [4.69, 9.17) is 14.2 Å². The van der Waals surface area contributed by atoms with Gasteiger partial charge in [0, 0.05) is 6.04 Å². The van der Waals surface area contributed by atoms with Gasteiger partial charge in [-0.05, 0) is 43.5 Å². The van der Waals surface area contributed by atoms with E-state index in [0.717, 1.165) is 24.9 Å². The van der Waals surface area contributed by atoms with Gasteiger partial charge in [0.2, 0.25) is 5.75 Å². The minimum absolute atomic E-state index is 0.00676. The largest absolute Gasteiger partial charge is 0.493 e. The first kappa shape index (κ1) is 17.4. The molecule has 1 saturated heterocycles. The summed E-state index contributed by atoms with van der Waals surface area (Å²) in [6.07, 6.45) is 2.40. The van der Waals surface area contributed by atoms with Crippen molar-refractivity contribution in [1.29, 1.82) is 0 Å². The number of benzene rings is 1. The summed E-state index contributed by atoms with van der Waals surface area (Å²) in [6, 6.07) is 3.39. The van der Waals surface area contributed by atoms with E-state index >= 15 is 0 Å². The standard InChI is InChI=1S/C17H25NO5/c1-5-12(18-8-6-7-13(18)17(19)20)11-9-14(21-2)16(23-4)15(10-11)22-3/h9-10,12-13H,5-8H2,1-4H3,(H,19,20). The van der Waals surface area contributed by atoms with Gasteiger partial charge in [0.05, 0.1) is 21.3 Å². The van der Waals surface area contributed by atoms with Crippen LogP contribution in [0.4, 0.5) is 0 Å². The molecule has 2 atom stereocenters. The van der Waals surface area contributed by atoms with Gasteiger partial charge in [0.1, 0.15) is 6.04 Å². The number of likely N-dealkylation sites (tertiary alicyclic amines) is 1. The van der Waals surface area contributed by atoms with Gasteiger partial charge in [0.15, 0.2) is 11.5 Å². The van der Waals surface area contributed by atoms with Gasteiger partial charge in [-0.25, -0.2) is 0 Å². The Kier molecular flexibility index (Phi) is 5.71. The molecule has 1 aliphatic rings. The van der Waals surface area contributed by atoms with Crippen LogP contribution in [0, 0.1) is 0 Å². The van der Waals surface area contributed by atoms with Gasteiger partial charge < -0.3 is 19.3 Å². The lowest BCUT2D eigenvalue weighted by Gasteiger charge is -2.31. The quantitative estimate of drug-likeness (QED) is 0.832. The minimum Gasteiger partial charge on any atom is -0.493 e. The van der Waals surface area contributed by atoms with Crippen LogP contribution in [0.2, 0.25) is 0 Å². The van der Waals surface area contributed by atoms with Crippen LogP contribution < -0.4 is 14.2 Å². The smallest absolute Gasteiger partial charge is 0.320 e. The van der Waals surface area contributed by atoms with Crippen LogP contribution in [-0.2, 0) is 4.79 Å². The number of carboxylic acids is 1. The summed E-state index contributed by atoms with van der Waals surface area (Å²) in [5.74, 6) is 0.968. The molecule has 1 fully saturated rings. The maximum absolute atomic E-state index is 11.5. The molecule has 1 aromatic rings. The molecule has 1 aromatic carbocycles. The van der Waals surface area contributed by atoms with Crippen molar-refractivity contribution >= 4 is 5.97 Å². The third-order valence-electron chi connectivity index (χ3n) is 4.44. The van der Waals surface area contributed by atoms with Gasteiger partial charge >= 0.3 is 5.97 Å². The Balaban J connectivity index is 2.43. The van der Waals surface area contributed by atoms with Crippen LogP contribution in [0.3, 0.4) is 0 Å². The van der Waals surface area contributed by atoms with E-state index in [1.807, 2.05) is 12.1 Å². The lowest BCUT2D eigenvalue weighted by atomic mass is 10.0. The summed E-state index contributed by atoms with van der Waals surface area (Å²) >= 11 is 0. The molecule has 0 aliphatic carbocycles. The molecular formula is C17H25NO5. The Labute approximate surface area is 136 Å². The highest BCUT2D eigenvalue weighted by Crippen LogP contribution is 2.42. The van der Waals surface area contributed by atoms with E-state index in [1.54, 1.807) is 21.3 Å². The molecule has 23 heavy (non-hydrogen) atoms. The Hall–Kier alpha value is -1.95. The third-order valence-corrected chi connectivity index (χ3v) is 4.44. The van der Waals surface area contributed by atoms with Crippen LogP contribution in [-0.4, -0.2) is 49.9 Å². The lowest BCUT2D eigenvalue weighted by molar-refractivity contribution is -0.143. The summed E-state index contributed by atoms with van der Waals surface area (Å²) in [5.41, 5.74) is 0.982. The Morgan fingerprint density at radius 2 is 1.87 bits per heavy atom. The second-order valence-corrected chi connectivity index (χ2v) is 5.62. The molecule has 0 spiro atoms. The Bertz CT molecular complexity index is 535. The summed E-state index contributed by atoms with van der Waals surface area (Å²) < 4.78 is 16.2. The molecule has 6 heteroatoms. The number of methoxy groups -OCH3 is 3. The van der Waals surface area contributed by atoms with E-state index in [-0.39, 0.29) is 6.04 Å². The van der Waals surface area contributed by atoms with Crippen LogP contribution >= 0.6 is 0 Å². The van der Waals surface area contributed by atoms with Crippen molar-refractivity contribution in [2.24, 2.45) is 0 Å². The first-order valence-corrected chi connectivity index (χ1v) is 7.85. The molecule has 6 nitrogen and oxygen atoms in total. The molecule has 0 saturated carbocycles. The highest BCUT2D eigenvalue weighted by Gasteiger charge is 2.35. The number of aliphatic carboxylic acids is 1. The minimum atomic E-state index is -0.756. The average molecular weight is 323 g/mol. The average Bonchev–Trinajstić information content (AvgIpc) is 3.04. The SMILES string of the molecule is CCC(c1cc(OC)c(OC)c(OC)c1)N1CCCC1C(=O)O. The second-order valence-electron chi connectivity index (χ2n) is 5.62. The number of nitrogens with zero attached hydrogens (tertiary/aromatic N) is 1. The zero-order chi connectivity index (χ0) is 17.0. The predicted octanol–water partition coefficient (Wildman–Crippen LogP) is 2.71. The summed E-state index contributed by atoms with van der Waals surface area (Å²) in [7, 11) is 4.73.